The highest BCUT2D eigenvalue weighted by molar-refractivity contribution is 5.78. The minimum Gasteiger partial charge on any atom is -0.343 e. The number of para-hydroxylation sites is 4. The van der Waals surface area contributed by atoms with Gasteiger partial charge in [-0.25, -0.2) is 9.97 Å². The van der Waals surface area contributed by atoms with Gasteiger partial charge in [0.2, 0.25) is 5.91 Å². The highest BCUT2D eigenvalue weighted by Gasteiger charge is 2.25. The zero-order valence-corrected chi connectivity index (χ0v) is 15.7. The molecule has 2 aromatic heterocycles. The van der Waals surface area contributed by atoms with Gasteiger partial charge < -0.3 is 14.9 Å². The fraction of sp³-hybridized carbons (Fsp3) is 0.318. The van der Waals surface area contributed by atoms with Crippen molar-refractivity contribution >= 4 is 28.0 Å². The van der Waals surface area contributed by atoms with Crippen molar-refractivity contribution < 1.29 is 4.79 Å². The van der Waals surface area contributed by atoms with Crippen molar-refractivity contribution in [3.8, 4) is 0 Å². The Balaban J connectivity index is 1.17. The van der Waals surface area contributed by atoms with Crippen LogP contribution in [0.15, 0.2) is 48.5 Å². The van der Waals surface area contributed by atoms with Crippen molar-refractivity contribution in [1.29, 1.82) is 0 Å². The van der Waals surface area contributed by atoms with Gasteiger partial charge in [-0.3, -0.25) is 4.79 Å². The Hall–Kier alpha value is -3.15. The summed E-state index contributed by atoms with van der Waals surface area (Å²) in [4.78, 5) is 30.7. The Labute approximate surface area is 163 Å². The lowest BCUT2D eigenvalue weighted by Gasteiger charge is -2.31. The number of carbonyl (C=O) groups is 1. The van der Waals surface area contributed by atoms with Gasteiger partial charge in [-0.15, -0.1) is 0 Å². The number of aryl methyl sites for hydroxylation is 1. The van der Waals surface area contributed by atoms with Crippen molar-refractivity contribution in [3.63, 3.8) is 0 Å². The number of benzene rings is 2. The Morgan fingerprint density at radius 1 is 0.929 bits per heavy atom. The standard InChI is InChI=1S/C22H23N5O/c28-21(10-9-20-23-16-5-1-2-6-17(16)24-20)27-13-11-15(12-14-27)22-25-18-7-3-4-8-19(18)26-22/h1-8,15H,9-14H2,(H,23,24)(H,25,26). The molecule has 142 valence electrons. The average molecular weight is 373 g/mol. The summed E-state index contributed by atoms with van der Waals surface area (Å²) in [6.07, 6.45) is 3.05. The molecular weight excluding hydrogens is 350 g/mol. The average Bonchev–Trinajstić information content (AvgIpc) is 3.35. The molecule has 1 aliphatic rings. The molecule has 6 nitrogen and oxygen atoms in total. The topological polar surface area (TPSA) is 77.7 Å². The number of likely N-dealkylation sites (tertiary alicyclic amines) is 1. The second-order valence-electron chi connectivity index (χ2n) is 7.49. The molecule has 1 aliphatic heterocycles. The van der Waals surface area contributed by atoms with E-state index in [2.05, 4.69) is 21.0 Å². The van der Waals surface area contributed by atoms with Crippen LogP contribution in [0.25, 0.3) is 22.1 Å². The van der Waals surface area contributed by atoms with Crippen LogP contribution in [0.1, 0.15) is 36.8 Å². The number of amides is 1. The van der Waals surface area contributed by atoms with E-state index in [9.17, 15) is 4.79 Å². The first kappa shape index (κ1) is 17.0. The SMILES string of the molecule is O=C(CCc1nc2ccccc2[nH]1)N1CCC(c2nc3ccccc3[nH]2)CC1. The number of imidazole rings is 2. The maximum Gasteiger partial charge on any atom is 0.223 e. The van der Waals surface area contributed by atoms with E-state index in [-0.39, 0.29) is 5.91 Å². The van der Waals surface area contributed by atoms with Crippen molar-refractivity contribution in [1.82, 2.24) is 24.8 Å². The molecule has 0 unspecified atom stereocenters. The molecule has 2 aromatic carbocycles. The molecule has 4 aromatic rings. The largest absolute Gasteiger partial charge is 0.343 e. The predicted molar refractivity (Wildman–Crippen MR) is 109 cm³/mol. The van der Waals surface area contributed by atoms with Gasteiger partial charge in [-0.2, -0.15) is 0 Å². The van der Waals surface area contributed by atoms with Gasteiger partial charge >= 0.3 is 0 Å². The fourth-order valence-electron chi connectivity index (χ4n) is 4.08. The number of hydrogen-bond acceptors (Lipinski definition) is 3. The van der Waals surface area contributed by atoms with Crippen molar-refractivity contribution in [2.75, 3.05) is 13.1 Å². The lowest BCUT2D eigenvalue weighted by atomic mass is 9.96. The number of rotatable bonds is 4. The van der Waals surface area contributed by atoms with E-state index in [1.54, 1.807) is 0 Å². The van der Waals surface area contributed by atoms with Crippen LogP contribution < -0.4 is 0 Å². The van der Waals surface area contributed by atoms with E-state index < -0.39 is 0 Å². The van der Waals surface area contributed by atoms with Crippen molar-refractivity contribution in [2.24, 2.45) is 0 Å². The number of carbonyl (C=O) groups excluding carboxylic acids is 1. The Morgan fingerprint density at radius 2 is 1.57 bits per heavy atom. The third-order valence-corrected chi connectivity index (χ3v) is 5.66. The van der Waals surface area contributed by atoms with E-state index in [4.69, 9.17) is 4.98 Å². The molecule has 0 radical (unpaired) electrons. The molecule has 0 spiro atoms. The quantitative estimate of drug-likeness (QED) is 0.571. The first-order chi connectivity index (χ1) is 13.8. The molecule has 1 amide bonds. The molecule has 1 fully saturated rings. The van der Waals surface area contributed by atoms with Crippen LogP contribution in [0.4, 0.5) is 0 Å². The smallest absolute Gasteiger partial charge is 0.223 e. The number of H-pyrrole nitrogens is 2. The second kappa shape index (κ2) is 7.11. The first-order valence-corrected chi connectivity index (χ1v) is 9.92. The molecule has 3 heterocycles. The summed E-state index contributed by atoms with van der Waals surface area (Å²) >= 11 is 0. The number of nitrogens with zero attached hydrogens (tertiary/aromatic N) is 3. The van der Waals surface area contributed by atoms with Crippen LogP contribution in [0.2, 0.25) is 0 Å². The third kappa shape index (κ3) is 3.26. The zero-order chi connectivity index (χ0) is 18.9. The monoisotopic (exact) mass is 373 g/mol. The van der Waals surface area contributed by atoms with Crippen LogP contribution in [0, 0.1) is 0 Å². The Morgan fingerprint density at radius 3 is 2.25 bits per heavy atom. The van der Waals surface area contributed by atoms with E-state index in [1.165, 1.54) is 0 Å². The normalized spacial score (nSPS) is 15.5. The summed E-state index contributed by atoms with van der Waals surface area (Å²) in [6.45, 7) is 1.58. The van der Waals surface area contributed by atoms with Crippen LogP contribution in [0.3, 0.4) is 0 Å². The summed E-state index contributed by atoms with van der Waals surface area (Å²) < 4.78 is 0. The lowest BCUT2D eigenvalue weighted by Crippen LogP contribution is -2.38. The summed E-state index contributed by atoms with van der Waals surface area (Å²) in [6, 6.07) is 16.1. The number of aromatic amines is 2. The van der Waals surface area contributed by atoms with Crippen LogP contribution in [-0.4, -0.2) is 43.8 Å². The van der Waals surface area contributed by atoms with Crippen molar-refractivity contribution in [2.45, 2.75) is 31.6 Å². The molecular formula is C22H23N5O. The van der Waals surface area contributed by atoms with Gasteiger partial charge in [0.15, 0.2) is 0 Å². The van der Waals surface area contributed by atoms with Gasteiger partial charge in [0.1, 0.15) is 11.6 Å². The van der Waals surface area contributed by atoms with Crippen LogP contribution in [0.5, 0.6) is 0 Å². The maximum atomic E-state index is 12.6. The molecule has 2 N–H and O–H groups in total. The van der Waals surface area contributed by atoms with Gasteiger partial charge in [-0.05, 0) is 37.1 Å². The maximum absolute atomic E-state index is 12.6. The number of fused-ring (bicyclic) bond motifs is 2. The molecule has 28 heavy (non-hydrogen) atoms. The van der Waals surface area contributed by atoms with Crippen LogP contribution >= 0.6 is 0 Å². The van der Waals surface area contributed by atoms with E-state index in [0.29, 0.717) is 18.8 Å². The number of piperidine rings is 1. The van der Waals surface area contributed by atoms with E-state index >= 15 is 0 Å². The molecule has 0 atom stereocenters. The van der Waals surface area contributed by atoms with E-state index in [1.807, 2.05) is 47.4 Å². The molecule has 0 saturated carbocycles. The molecule has 5 rings (SSSR count). The Kier molecular flexibility index (Phi) is 4.31. The predicted octanol–water partition coefficient (Wildman–Crippen LogP) is 3.78. The molecule has 1 saturated heterocycles. The summed E-state index contributed by atoms with van der Waals surface area (Å²) in [5.74, 6) is 2.54. The summed E-state index contributed by atoms with van der Waals surface area (Å²) in [5.41, 5.74) is 4.08. The molecule has 0 aliphatic carbocycles. The fourth-order valence-corrected chi connectivity index (χ4v) is 4.08. The van der Waals surface area contributed by atoms with Gasteiger partial charge in [-0.1, -0.05) is 24.3 Å². The minimum absolute atomic E-state index is 0.212. The zero-order valence-electron chi connectivity index (χ0n) is 15.7. The lowest BCUT2D eigenvalue weighted by molar-refractivity contribution is -0.132. The van der Waals surface area contributed by atoms with Crippen molar-refractivity contribution in [3.05, 3.63) is 60.2 Å². The minimum atomic E-state index is 0.212. The van der Waals surface area contributed by atoms with E-state index in [0.717, 1.165) is 59.6 Å². The number of nitrogens with one attached hydrogen (secondary N) is 2. The molecule has 0 bridgehead atoms. The highest BCUT2D eigenvalue weighted by atomic mass is 16.2. The Bertz CT molecular complexity index is 1050. The summed E-state index contributed by atoms with van der Waals surface area (Å²) in [5, 5.41) is 0. The molecule has 6 heteroatoms. The van der Waals surface area contributed by atoms with Crippen LogP contribution in [-0.2, 0) is 11.2 Å². The van der Waals surface area contributed by atoms with Gasteiger partial charge in [0.05, 0.1) is 22.1 Å². The van der Waals surface area contributed by atoms with Gasteiger partial charge in [0, 0.05) is 31.8 Å². The third-order valence-electron chi connectivity index (χ3n) is 5.66. The van der Waals surface area contributed by atoms with Gasteiger partial charge in [0.25, 0.3) is 0 Å². The summed E-state index contributed by atoms with van der Waals surface area (Å²) in [7, 11) is 0. The number of aromatic nitrogens is 4. The first-order valence-electron chi connectivity index (χ1n) is 9.92. The second-order valence-corrected chi connectivity index (χ2v) is 7.49. The highest BCUT2D eigenvalue weighted by Crippen LogP contribution is 2.28. The number of hydrogen-bond donors (Lipinski definition) is 2.